The van der Waals surface area contributed by atoms with Crippen molar-refractivity contribution in [2.24, 2.45) is 0 Å². The van der Waals surface area contributed by atoms with Gasteiger partial charge >= 0.3 is 5.97 Å². The Morgan fingerprint density at radius 2 is 0.706 bits per heavy atom. The second-order valence-electron chi connectivity index (χ2n) is 6.36. The molecule has 0 saturated heterocycles. The summed E-state index contributed by atoms with van der Waals surface area (Å²) in [6, 6.07) is 0. The van der Waals surface area contributed by atoms with Gasteiger partial charge in [0.15, 0.2) is 0 Å². The molecular formula is C22H46O12. The molecule has 0 aromatic heterocycles. The minimum absolute atomic E-state index is 0.0322. The Morgan fingerprint density at radius 3 is 0.882 bits per heavy atom. The zero-order valence-corrected chi connectivity index (χ0v) is 20.9. The van der Waals surface area contributed by atoms with Crippen LogP contribution in [0, 0.1) is 0 Å². The number of hydrogen-bond donors (Lipinski definition) is 2. The molecule has 0 fully saturated rings. The van der Waals surface area contributed by atoms with Gasteiger partial charge in [-0.05, 0) is 0 Å². The summed E-state index contributed by atoms with van der Waals surface area (Å²) in [5.74, 6) is -0.745. The van der Waals surface area contributed by atoms with Crippen LogP contribution in [0.25, 0.3) is 0 Å². The summed E-state index contributed by atoms with van der Waals surface area (Å²) in [7, 11) is 1.64. The number of hydrogen-bond acceptors (Lipinski definition) is 11. The highest BCUT2D eigenvalue weighted by Crippen LogP contribution is 1.85. The van der Waals surface area contributed by atoms with Crippen molar-refractivity contribution in [2.75, 3.05) is 126 Å². The number of aliphatic hydroxyl groups is 1. The predicted molar refractivity (Wildman–Crippen MR) is 123 cm³/mol. The van der Waals surface area contributed by atoms with E-state index in [0.29, 0.717) is 112 Å². The average Bonchev–Trinajstić information content (AvgIpc) is 2.84. The van der Waals surface area contributed by atoms with Gasteiger partial charge in [0, 0.05) is 13.5 Å². The third-order valence-electron chi connectivity index (χ3n) is 3.57. The zero-order chi connectivity index (χ0) is 25.4. The molecule has 2 N–H and O–H groups in total. The first-order chi connectivity index (χ1) is 16.7. The molecule has 0 aliphatic carbocycles. The normalized spacial score (nSPS) is 10.8. The van der Waals surface area contributed by atoms with Gasteiger partial charge in [-0.2, -0.15) is 0 Å². The van der Waals surface area contributed by atoms with Gasteiger partial charge in [-0.25, -0.2) is 0 Å². The van der Waals surface area contributed by atoms with Crippen LogP contribution in [0.3, 0.4) is 0 Å². The average molecular weight is 503 g/mol. The van der Waals surface area contributed by atoms with Crippen molar-refractivity contribution in [3.05, 3.63) is 0 Å². The lowest BCUT2D eigenvalue weighted by molar-refractivity contribution is -0.136. The quantitative estimate of drug-likeness (QED) is 0.149. The molecule has 34 heavy (non-hydrogen) atoms. The number of carbonyl (C=O) groups is 1. The summed E-state index contributed by atoms with van der Waals surface area (Å²) in [5, 5.41) is 16.3. The van der Waals surface area contributed by atoms with Gasteiger partial charge in [-0.15, -0.1) is 0 Å². The summed E-state index contributed by atoms with van der Waals surface area (Å²) in [6.07, 6.45) is 0.222. The second kappa shape index (κ2) is 34.2. The SMILES string of the molecule is CCC(=O)O.COCCOCCOCCOCCOCCOCCOCCOCCOCCO. The van der Waals surface area contributed by atoms with Gasteiger partial charge in [-0.1, -0.05) is 6.92 Å². The number of aliphatic hydroxyl groups excluding tert-OH is 1. The molecule has 0 bridgehead atoms. The fourth-order valence-corrected chi connectivity index (χ4v) is 1.85. The molecule has 0 radical (unpaired) electrons. The third-order valence-corrected chi connectivity index (χ3v) is 3.57. The number of carboxylic acid groups (broad SMARTS) is 1. The van der Waals surface area contributed by atoms with E-state index in [1.807, 2.05) is 0 Å². The highest BCUT2D eigenvalue weighted by Gasteiger charge is 1.95. The van der Waals surface area contributed by atoms with Crippen LogP contribution in [-0.2, 0) is 47.4 Å². The summed E-state index contributed by atoms with van der Waals surface area (Å²) in [5.41, 5.74) is 0. The summed E-state index contributed by atoms with van der Waals surface area (Å²) >= 11 is 0. The Morgan fingerprint density at radius 1 is 0.500 bits per heavy atom. The molecule has 0 aromatic carbocycles. The lowest BCUT2D eigenvalue weighted by Gasteiger charge is -2.08. The monoisotopic (exact) mass is 502 g/mol. The highest BCUT2D eigenvalue weighted by atomic mass is 16.6. The second-order valence-corrected chi connectivity index (χ2v) is 6.36. The van der Waals surface area contributed by atoms with E-state index in [-0.39, 0.29) is 13.0 Å². The van der Waals surface area contributed by atoms with Crippen LogP contribution >= 0.6 is 0 Å². The molecule has 0 aliphatic rings. The van der Waals surface area contributed by atoms with E-state index >= 15 is 0 Å². The van der Waals surface area contributed by atoms with Gasteiger partial charge in [-0.3, -0.25) is 4.79 Å². The first-order valence-electron chi connectivity index (χ1n) is 11.6. The van der Waals surface area contributed by atoms with Crippen LogP contribution in [0.2, 0.25) is 0 Å². The number of methoxy groups -OCH3 is 1. The molecule has 206 valence electrons. The largest absolute Gasteiger partial charge is 0.481 e. The molecule has 0 amide bonds. The maximum Gasteiger partial charge on any atom is 0.303 e. The van der Waals surface area contributed by atoms with E-state index in [4.69, 9.17) is 52.8 Å². The summed E-state index contributed by atoms with van der Waals surface area (Å²) in [4.78, 5) is 9.37. The zero-order valence-electron chi connectivity index (χ0n) is 20.9. The number of carboxylic acids is 1. The Kier molecular flexibility index (Phi) is 35.5. The molecule has 0 aromatic rings. The maximum atomic E-state index is 9.37. The Hall–Kier alpha value is -0.930. The first-order valence-corrected chi connectivity index (χ1v) is 11.6. The van der Waals surface area contributed by atoms with Gasteiger partial charge < -0.3 is 52.8 Å². The van der Waals surface area contributed by atoms with Crippen LogP contribution in [0.1, 0.15) is 13.3 Å². The van der Waals surface area contributed by atoms with E-state index in [0.717, 1.165) is 0 Å². The maximum absolute atomic E-state index is 9.37. The van der Waals surface area contributed by atoms with Crippen molar-refractivity contribution in [2.45, 2.75) is 13.3 Å². The Balaban J connectivity index is 0. The van der Waals surface area contributed by atoms with Crippen LogP contribution < -0.4 is 0 Å². The van der Waals surface area contributed by atoms with E-state index in [2.05, 4.69) is 0 Å². The standard InChI is InChI=1S/C19H40O10.C3H6O2/c1-21-4-5-23-8-9-25-12-13-27-16-17-29-19-18-28-15-14-26-11-10-24-7-6-22-3-2-20;1-2-3(4)5/h20H,2-19H2,1H3;2H2,1H3,(H,4,5). The van der Waals surface area contributed by atoms with Crippen molar-refractivity contribution < 1.29 is 57.6 Å². The minimum atomic E-state index is -0.745. The lowest BCUT2D eigenvalue weighted by Crippen LogP contribution is -2.15. The van der Waals surface area contributed by atoms with Crippen LogP contribution in [0.5, 0.6) is 0 Å². The van der Waals surface area contributed by atoms with Crippen molar-refractivity contribution in [3.8, 4) is 0 Å². The molecule has 12 nitrogen and oxygen atoms in total. The van der Waals surface area contributed by atoms with E-state index in [1.165, 1.54) is 0 Å². The Labute approximate surface area is 203 Å². The fourth-order valence-electron chi connectivity index (χ4n) is 1.85. The number of ether oxygens (including phenoxy) is 9. The van der Waals surface area contributed by atoms with E-state index in [1.54, 1.807) is 14.0 Å². The van der Waals surface area contributed by atoms with Crippen molar-refractivity contribution in [1.82, 2.24) is 0 Å². The number of aliphatic carboxylic acids is 1. The van der Waals surface area contributed by atoms with Crippen LogP contribution in [0.15, 0.2) is 0 Å². The van der Waals surface area contributed by atoms with Crippen molar-refractivity contribution in [1.29, 1.82) is 0 Å². The molecule has 0 heterocycles. The van der Waals surface area contributed by atoms with Crippen molar-refractivity contribution >= 4 is 5.97 Å². The molecule has 0 atom stereocenters. The lowest BCUT2D eigenvalue weighted by atomic mass is 10.5. The van der Waals surface area contributed by atoms with Gasteiger partial charge in [0.25, 0.3) is 0 Å². The number of rotatable bonds is 27. The first kappa shape index (κ1) is 35.2. The third kappa shape index (κ3) is 38.3. The molecule has 0 saturated carbocycles. The fraction of sp³-hybridized carbons (Fsp3) is 0.955. The molecule has 12 heteroatoms. The van der Waals surface area contributed by atoms with Gasteiger partial charge in [0.2, 0.25) is 0 Å². The molecule has 0 spiro atoms. The topological polar surface area (TPSA) is 141 Å². The predicted octanol–water partition coefficient (Wildman–Crippen LogP) is 0.239. The summed E-state index contributed by atoms with van der Waals surface area (Å²) in [6.45, 7) is 10.5. The molecular weight excluding hydrogens is 456 g/mol. The Bertz CT molecular complexity index is 348. The molecule has 0 rings (SSSR count). The summed E-state index contributed by atoms with van der Waals surface area (Å²) < 4.78 is 47.4. The molecule has 0 aliphatic heterocycles. The van der Waals surface area contributed by atoms with Crippen LogP contribution in [-0.4, -0.2) is 142 Å². The van der Waals surface area contributed by atoms with Gasteiger partial charge in [0.05, 0.1) is 119 Å². The minimum Gasteiger partial charge on any atom is -0.481 e. The highest BCUT2D eigenvalue weighted by molar-refractivity contribution is 5.66. The molecule has 0 unspecified atom stereocenters. The van der Waals surface area contributed by atoms with Gasteiger partial charge in [0.1, 0.15) is 0 Å². The van der Waals surface area contributed by atoms with E-state index < -0.39 is 5.97 Å². The van der Waals surface area contributed by atoms with Crippen LogP contribution in [0.4, 0.5) is 0 Å². The van der Waals surface area contributed by atoms with E-state index in [9.17, 15) is 4.79 Å². The smallest absolute Gasteiger partial charge is 0.303 e. The van der Waals surface area contributed by atoms with Crippen molar-refractivity contribution in [3.63, 3.8) is 0 Å².